The van der Waals surface area contributed by atoms with Crippen molar-refractivity contribution in [3.05, 3.63) is 59.2 Å². The minimum absolute atomic E-state index is 1.02. The van der Waals surface area contributed by atoms with E-state index in [1.54, 1.807) is 0 Å². The summed E-state index contributed by atoms with van der Waals surface area (Å²) >= 11 is 0. The van der Waals surface area contributed by atoms with Gasteiger partial charge in [-0.15, -0.1) is 0 Å². The molecule has 0 spiro atoms. The lowest BCUT2D eigenvalue weighted by Gasteiger charge is -2.20. The second-order valence-corrected chi connectivity index (χ2v) is 6.77. The molecule has 2 aromatic carbocycles. The Morgan fingerprint density at radius 3 is 2.46 bits per heavy atom. The number of anilines is 1. The Labute approximate surface area is 146 Å². The second-order valence-electron chi connectivity index (χ2n) is 6.77. The number of unbranched alkanes of at least 4 members (excludes halogenated alkanes) is 1. The van der Waals surface area contributed by atoms with Crippen LogP contribution in [0.25, 0.3) is 0 Å². The van der Waals surface area contributed by atoms with Gasteiger partial charge in [0.15, 0.2) is 0 Å². The van der Waals surface area contributed by atoms with E-state index in [0.717, 1.165) is 12.1 Å². The summed E-state index contributed by atoms with van der Waals surface area (Å²) in [5, 5.41) is 0. The van der Waals surface area contributed by atoms with E-state index in [0.29, 0.717) is 0 Å². The lowest BCUT2D eigenvalue weighted by atomic mass is 10.1. The number of hydrogen-bond acceptors (Lipinski definition) is 2. The van der Waals surface area contributed by atoms with Gasteiger partial charge in [-0.1, -0.05) is 31.5 Å². The number of benzene rings is 2. The van der Waals surface area contributed by atoms with Crippen LogP contribution in [0.5, 0.6) is 0 Å². The SMILES string of the molecule is CCCCc1ccc(N=Cc2ccc(N3CCCC3)c(C)c2)cc1. The first kappa shape index (κ1) is 16.8. The average Bonchev–Trinajstić information content (AvgIpc) is 3.13. The van der Waals surface area contributed by atoms with Crippen molar-refractivity contribution in [2.45, 2.75) is 46.0 Å². The van der Waals surface area contributed by atoms with E-state index >= 15 is 0 Å². The number of rotatable bonds is 6. The van der Waals surface area contributed by atoms with E-state index in [4.69, 9.17) is 0 Å². The summed E-state index contributed by atoms with van der Waals surface area (Å²) in [6.07, 6.45) is 8.27. The van der Waals surface area contributed by atoms with Gasteiger partial charge >= 0.3 is 0 Å². The Bertz CT molecular complexity index is 680. The Kier molecular flexibility index (Phi) is 5.68. The van der Waals surface area contributed by atoms with E-state index in [9.17, 15) is 0 Å². The molecule has 2 nitrogen and oxygen atoms in total. The third-order valence-electron chi connectivity index (χ3n) is 4.79. The third-order valence-corrected chi connectivity index (χ3v) is 4.79. The molecule has 0 saturated carbocycles. The van der Waals surface area contributed by atoms with Crippen molar-refractivity contribution < 1.29 is 0 Å². The minimum Gasteiger partial charge on any atom is -0.371 e. The highest BCUT2D eigenvalue weighted by atomic mass is 15.1. The lowest BCUT2D eigenvalue weighted by molar-refractivity contribution is 0.795. The molecule has 0 aliphatic carbocycles. The number of nitrogens with zero attached hydrogens (tertiary/aromatic N) is 2. The fourth-order valence-corrected chi connectivity index (χ4v) is 3.35. The molecule has 1 saturated heterocycles. The van der Waals surface area contributed by atoms with Crippen molar-refractivity contribution in [3.8, 4) is 0 Å². The maximum absolute atomic E-state index is 4.63. The highest BCUT2D eigenvalue weighted by Gasteiger charge is 2.13. The topological polar surface area (TPSA) is 15.6 Å². The van der Waals surface area contributed by atoms with E-state index in [-0.39, 0.29) is 0 Å². The van der Waals surface area contributed by atoms with E-state index in [1.165, 1.54) is 61.2 Å². The number of aliphatic imine (C=N–C) groups is 1. The summed E-state index contributed by atoms with van der Waals surface area (Å²) in [7, 11) is 0. The monoisotopic (exact) mass is 320 g/mol. The van der Waals surface area contributed by atoms with Crippen molar-refractivity contribution in [1.29, 1.82) is 0 Å². The van der Waals surface area contributed by atoms with Gasteiger partial charge in [0.2, 0.25) is 0 Å². The molecular weight excluding hydrogens is 292 g/mol. The van der Waals surface area contributed by atoms with E-state index in [2.05, 4.69) is 66.2 Å². The molecule has 0 radical (unpaired) electrons. The predicted molar refractivity (Wildman–Crippen MR) is 105 cm³/mol. The van der Waals surface area contributed by atoms with Crippen LogP contribution >= 0.6 is 0 Å². The van der Waals surface area contributed by atoms with Gasteiger partial charge in [0.05, 0.1) is 5.69 Å². The van der Waals surface area contributed by atoms with Crippen LogP contribution in [-0.4, -0.2) is 19.3 Å². The minimum atomic E-state index is 1.02. The standard InChI is InChI=1S/C22H28N2/c1-3-4-7-19-8-11-21(12-9-19)23-17-20-10-13-22(18(2)16-20)24-14-5-6-15-24/h8-13,16-17H,3-7,14-15H2,1-2H3. The molecule has 0 amide bonds. The first-order valence-electron chi connectivity index (χ1n) is 9.25. The fourth-order valence-electron chi connectivity index (χ4n) is 3.35. The van der Waals surface area contributed by atoms with Crippen molar-refractivity contribution in [3.63, 3.8) is 0 Å². The zero-order valence-corrected chi connectivity index (χ0v) is 15.0. The molecule has 1 aliphatic rings. The smallest absolute Gasteiger partial charge is 0.0630 e. The Balaban J connectivity index is 1.66. The molecule has 0 bridgehead atoms. The molecule has 2 heteroatoms. The summed E-state index contributed by atoms with van der Waals surface area (Å²) in [6.45, 7) is 6.82. The van der Waals surface area contributed by atoms with Crippen molar-refractivity contribution in [2.75, 3.05) is 18.0 Å². The summed E-state index contributed by atoms with van der Waals surface area (Å²) in [4.78, 5) is 7.12. The zero-order chi connectivity index (χ0) is 16.8. The summed E-state index contributed by atoms with van der Waals surface area (Å²) in [5.74, 6) is 0. The molecule has 126 valence electrons. The van der Waals surface area contributed by atoms with Crippen LogP contribution in [-0.2, 0) is 6.42 Å². The maximum Gasteiger partial charge on any atom is 0.0630 e. The Morgan fingerprint density at radius 1 is 1.04 bits per heavy atom. The summed E-state index contributed by atoms with van der Waals surface area (Å²) in [6, 6.07) is 15.3. The van der Waals surface area contributed by atoms with Gasteiger partial charge in [0.1, 0.15) is 0 Å². The van der Waals surface area contributed by atoms with Crippen molar-refractivity contribution >= 4 is 17.6 Å². The zero-order valence-electron chi connectivity index (χ0n) is 15.0. The number of hydrogen-bond donors (Lipinski definition) is 0. The van der Waals surface area contributed by atoms with Crippen LogP contribution in [0.2, 0.25) is 0 Å². The van der Waals surface area contributed by atoms with Gasteiger partial charge in [-0.3, -0.25) is 4.99 Å². The molecule has 0 atom stereocenters. The van der Waals surface area contributed by atoms with Gasteiger partial charge in [0.25, 0.3) is 0 Å². The first-order chi connectivity index (χ1) is 11.8. The van der Waals surface area contributed by atoms with Crippen LogP contribution < -0.4 is 4.90 Å². The summed E-state index contributed by atoms with van der Waals surface area (Å²) < 4.78 is 0. The Hall–Kier alpha value is -2.09. The quantitative estimate of drug-likeness (QED) is 0.624. The molecule has 1 aliphatic heterocycles. The normalized spacial score (nSPS) is 14.7. The van der Waals surface area contributed by atoms with Crippen LogP contribution in [0.1, 0.15) is 49.3 Å². The summed E-state index contributed by atoms with van der Waals surface area (Å²) in [5.41, 5.74) is 6.32. The average molecular weight is 320 g/mol. The molecule has 1 heterocycles. The fraction of sp³-hybridized carbons (Fsp3) is 0.409. The molecule has 24 heavy (non-hydrogen) atoms. The molecule has 0 N–H and O–H groups in total. The largest absolute Gasteiger partial charge is 0.371 e. The molecule has 3 rings (SSSR count). The van der Waals surface area contributed by atoms with E-state index in [1.807, 2.05) is 6.21 Å². The van der Waals surface area contributed by atoms with Crippen LogP contribution in [0.15, 0.2) is 47.5 Å². The predicted octanol–water partition coefficient (Wildman–Crippen LogP) is 5.69. The maximum atomic E-state index is 4.63. The second kappa shape index (κ2) is 8.14. The highest BCUT2D eigenvalue weighted by Crippen LogP contribution is 2.25. The van der Waals surface area contributed by atoms with Crippen LogP contribution in [0, 0.1) is 6.92 Å². The molecule has 2 aromatic rings. The molecular formula is C22H28N2. The third kappa shape index (κ3) is 4.25. The van der Waals surface area contributed by atoms with Gasteiger partial charge in [0, 0.05) is 25.0 Å². The van der Waals surface area contributed by atoms with Crippen molar-refractivity contribution in [1.82, 2.24) is 0 Å². The highest BCUT2D eigenvalue weighted by molar-refractivity contribution is 5.83. The van der Waals surface area contributed by atoms with Gasteiger partial charge < -0.3 is 4.90 Å². The van der Waals surface area contributed by atoms with Gasteiger partial charge in [-0.25, -0.2) is 0 Å². The van der Waals surface area contributed by atoms with E-state index < -0.39 is 0 Å². The van der Waals surface area contributed by atoms with Gasteiger partial charge in [-0.2, -0.15) is 0 Å². The molecule has 1 fully saturated rings. The lowest BCUT2D eigenvalue weighted by Crippen LogP contribution is -2.18. The Morgan fingerprint density at radius 2 is 1.79 bits per heavy atom. The van der Waals surface area contributed by atoms with Gasteiger partial charge in [-0.05, 0) is 73.6 Å². The number of aryl methyl sites for hydroxylation is 2. The molecule has 0 unspecified atom stereocenters. The van der Waals surface area contributed by atoms with Crippen LogP contribution in [0.3, 0.4) is 0 Å². The van der Waals surface area contributed by atoms with Crippen LogP contribution in [0.4, 0.5) is 11.4 Å². The van der Waals surface area contributed by atoms with Crippen molar-refractivity contribution in [2.24, 2.45) is 4.99 Å². The first-order valence-corrected chi connectivity index (χ1v) is 9.25. The molecule has 0 aromatic heterocycles.